The summed E-state index contributed by atoms with van der Waals surface area (Å²) in [6, 6.07) is 6.23. The van der Waals surface area contributed by atoms with Gasteiger partial charge in [0.1, 0.15) is 18.2 Å². The molecule has 3 aromatic rings. The monoisotopic (exact) mass is 355 g/mol. The van der Waals surface area contributed by atoms with E-state index < -0.39 is 0 Å². The van der Waals surface area contributed by atoms with E-state index in [1.54, 1.807) is 24.4 Å². The van der Waals surface area contributed by atoms with Gasteiger partial charge in [-0.3, -0.25) is 9.59 Å². The molecular weight excluding hydrogens is 338 g/mol. The van der Waals surface area contributed by atoms with E-state index in [4.69, 9.17) is 4.74 Å². The Kier molecular flexibility index (Phi) is 5.32. The van der Waals surface area contributed by atoms with Crippen LogP contribution in [0.25, 0.3) is 5.82 Å². The number of carbonyl (C=O) groups excluding carboxylic acids is 1. The predicted octanol–water partition coefficient (Wildman–Crippen LogP) is 0.0477. The van der Waals surface area contributed by atoms with Gasteiger partial charge < -0.3 is 10.1 Å². The Morgan fingerprint density at radius 2 is 2.19 bits per heavy atom. The van der Waals surface area contributed by atoms with Crippen molar-refractivity contribution >= 4 is 5.91 Å². The van der Waals surface area contributed by atoms with E-state index in [0.29, 0.717) is 18.0 Å². The second-order valence-corrected chi connectivity index (χ2v) is 5.14. The Labute approximate surface area is 148 Å². The molecule has 0 aromatic carbocycles. The van der Waals surface area contributed by atoms with Crippen molar-refractivity contribution in [2.45, 2.75) is 13.5 Å². The summed E-state index contributed by atoms with van der Waals surface area (Å²) in [7, 11) is 0. The van der Waals surface area contributed by atoms with Crippen LogP contribution < -0.4 is 15.6 Å². The number of nitrogens with one attached hydrogen (secondary N) is 1. The average Bonchev–Trinajstić information content (AvgIpc) is 3.18. The van der Waals surface area contributed by atoms with Gasteiger partial charge in [0.15, 0.2) is 5.82 Å². The van der Waals surface area contributed by atoms with Crippen LogP contribution >= 0.6 is 0 Å². The van der Waals surface area contributed by atoms with E-state index in [0.717, 1.165) is 0 Å². The van der Waals surface area contributed by atoms with Gasteiger partial charge in [-0.05, 0) is 25.1 Å². The third kappa shape index (κ3) is 3.91. The number of rotatable bonds is 7. The summed E-state index contributed by atoms with van der Waals surface area (Å²) in [4.78, 5) is 32.1. The van der Waals surface area contributed by atoms with E-state index in [-0.39, 0.29) is 30.4 Å². The Hall–Kier alpha value is -3.56. The summed E-state index contributed by atoms with van der Waals surface area (Å²) < 4.78 is 8.04. The lowest BCUT2D eigenvalue weighted by atomic mass is 10.2. The zero-order valence-electron chi connectivity index (χ0n) is 14.1. The van der Waals surface area contributed by atoms with Crippen LogP contribution in [0.3, 0.4) is 0 Å². The molecule has 134 valence electrons. The minimum atomic E-state index is -0.331. The lowest BCUT2D eigenvalue weighted by molar-refractivity contribution is 0.0947. The fourth-order valence-corrected chi connectivity index (χ4v) is 2.23. The molecule has 3 rings (SSSR count). The number of nitrogens with zero attached hydrogens (tertiary/aromatic N) is 6. The van der Waals surface area contributed by atoms with Crippen LogP contribution in [0.5, 0.6) is 5.88 Å². The van der Waals surface area contributed by atoms with Crippen LogP contribution in [0.15, 0.2) is 47.9 Å². The summed E-state index contributed by atoms with van der Waals surface area (Å²) in [6.45, 7) is 2.65. The predicted molar refractivity (Wildman–Crippen MR) is 91.2 cm³/mol. The van der Waals surface area contributed by atoms with E-state index in [1.165, 1.54) is 28.1 Å². The largest absolute Gasteiger partial charge is 0.477 e. The van der Waals surface area contributed by atoms with Crippen molar-refractivity contribution in [2.24, 2.45) is 0 Å². The third-order valence-electron chi connectivity index (χ3n) is 3.41. The van der Waals surface area contributed by atoms with Crippen LogP contribution in [-0.2, 0) is 6.54 Å². The molecule has 0 bridgehead atoms. The summed E-state index contributed by atoms with van der Waals surface area (Å²) in [5.41, 5.74) is 0.0607. The number of hydrogen-bond donors (Lipinski definition) is 1. The molecule has 0 unspecified atom stereocenters. The number of ether oxygens (including phenoxy) is 1. The van der Waals surface area contributed by atoms with Crippen LogP contribution in [-0.4, -0.2) is 48.6 Å². The first-order valence-corrected chi connectivity index (χ1v) is 7.98. The van der Waals surface area contributed by atoms with Crippen LogP contribution in [0.2, 0.25) is 0 Å². The van der Waals surface area contributed by atoms with Crippen LogP contribution in [0, 0.1) is 0 Å². The van der Waals surface area contributed by atoms with E-state index >= 15 is 0 Å². The minimum Gasteiger partial charge on any atom is -0.477 e. The molecule has 3 heterocycles. The standard InChI is InChI=1S/C16H17N7O3/c1-2-26-16-12(4-3-7-19-16)15(25)18-8-9-22-14(24)6-5-13(21-22)23-11-17-10-20-23/h3-7,10-11H,2,8-9H2,1H3,(H,18,25). The van der Waals surface area contributed by atoms with E-state index in [2.05, 4.69) is 25.5 Å². The molecule has 0 atom stereocenters. The van der Waals surface area contributed by atoms with Crippen molar-refractivity contribution in [3.63, 3.8) is 0 Å². The maximum Gasteiger partial charge on any atom is 0.266 e. The van der Waals surface area contributed by atoms with Gasteiger partial charge >= 0.3 is 0 Å². The van der Waals surface area contributed by atoms with Crippen molar-refractivity contribution in [2.75, 3.05) is 13.2 Å². The molecule has 26 heavy (non-hydrogen) atoms. The highest BCUT2D eigenvalue weighted by Crippen LogP contribution is 2.13. The molecule has 0 spiro atoms. The average molecular weight is 355 g/mol. The molecule has 0 aliphatic carbocycles. The van der Waals surface area contributed by atoms with E-state index in [1.807, 2.05) is 6.92 Å². The van der Waals surface area contributed by atoms with Crippen molar-refractivity contribution in [1.82, 2.24) is 34.8 Å². The molecule has 1 amide bonds. The molecule has 0 saturated heterocycles. The maximum atomic E-state index is 12.3. The topological polar surface area (TPSA) is 117 Å². The smallest absolute Gasteiger partial charge is 0.266 e. The number of carbonyl (C=O) groups is 1. The molecule has 10 nitrogen and oxygen atoms in total. The number of aromatic nitrogens is 6. The highest BCUT2D eigenvalue weighted by Gasteiger charge is 2.13. The van der Waals surface area contributed by atoms with Gasteiger partial charge in [0, 0.05) is 18.8 Å². The van der Waals surface area contributed by atoms with Crippen molar-refractivity contribution in [3.05, 3.63) is 59.0 Å². The zero-order chi connectivity index (χ0) is 18.4. The molecule has 0 fully saturated rings. The molecule has 1 N–H and O–H groups in total. The van der Waals surface area contributed by atoms with E-state index in [9.17, 15) is 9.59 Å². The van der Waals surface area contributed by atoms with Gasteiger partial charge in [-0.2, -0.15) is 5.10 Å². The normalized spacial score (nSPS) is 10.5. The maximum absolute atomic E-state index is 12.3. The quantitative estimate of drug-likeness (QED) is 0.636. The van der Waals surface area contributed by atoms with Gasteiger partial charge in [-0.25, -0.2) is 19.3 Å². The Balaban J connectivity index is 1.66. The molecular formula is C16H17N7O3. The van der Waals surface area contributed by atoms with Crippen molar-refractivity contribution in [3.8, 4) is 11.7 Å². The molecule has 3 aromatic heterocycles. The Bertz CT molecular complexity index is 937. The van der Waals surface area contributed by atoms with Crippen molar-refractivity contribution in [1.29, 1.82) is 0 Å². The second kappa shape index (κ2) is 8.01. The zero-order valence-corrected chi connectivity index (χ0v) is 14.1. The lowest BCUT2D eigenvalue weighted by Crippen LogP contribution is -2.32. The van der Waals surface area contributed by atoms with Gasteiger partial charge in [0.25, 0.3) is 11.5 Å². The van der Waals surface area contributed by atoms with Gasteiger partial charge in [0.2, 0.25) is 5.88 Å². The van der Waals surface area contributed by atoms with Gasteiger partial charge in [0.05, 0.1) is 13.2 Å². The second-order valence-electron chi connectivity index (χ2n) is 5.14. The van der Waals surface area contributed by atoms with Crippen LogP contribution in [0.4, 0.5) is 0 Å². The first kappa shape index (κ1) is 17.3. The lowest BCUT2D eigenvalue weighted by Gasteiger charge is -2.10. The molecule has 0 radical (unpaired) electrons. The molecule has 0 saturated carbocycles. The highest BCUT2D eigenvalue weighted by molar-refractivity contribution is 5.96. The highest BCUT2D eigenvalue weighted by atomic mass is 16.5. The Morgan fingerprint density at radius 1 is 1.31 bits per heavy atom. The molecule has 0 aliphatic heterocycles. The fourth-order valence-electron chi connectivity index (χ4n) is 2.23. The third-order valence-corrected chi connectivity index (χ3v) is 3.41. The number of pyridine rings is 1. The van der Waals surface area contributed by atoms with Crippen LogP contribution in [0.1, 0.15) is 17.3 Å². The summed E-state index contributed by atoms with van der Waals surface area (Å²) in [5, 5.41) is 10.9. The molecule has 10 heteroatoms. The van der Waals surface area contributed by atoms with Gasteiger partial charge in [-0.15, -0.1) is 5.10 Å². The Morgan fingerprint density at radius 3 is 2.96 bits per heavy atom. The summed E-state index contributed by atoms with van der Waals surface area (Å²) >= 11 is 0. The fraction of sp³-hybridized carbons (Fsp3) is 0.250. The van der Waals surface area contributed by atoms with Gasteiger partial charge in [-0.1, -0.05) is 0 Å². The van der Waals surface area contributed by atoms with Crippen molar-refractivity contribution < 1.29 is 9.53 Å². The summed E-state index contributed by atoms with van der Waals surface area (Å²) in [6.07, 6.45) is 4.42. The molecule has 0 aliphatic rings. The SMILES string of the molecule is CCOc1ncccc1C(=O)NCCn1nc(-n2cncn2)ccc1=O. The first-order valence-electron chi connectivity index (χ1n) is 7.98. The minimum absolute atomic E-state index is 0.206. The first-order chi connectivity index (χ1) is 12.7. The summed E-state index contributed by atoms with van der Waals surface area (Å²) in [5.74, 6) is 0.400. The number of amides is 1. The number of hydrogen-bond acceptors (Lipinski definition) is 7.